The Balaban J connectivity index is 4.50. The van der Waals surface area contributed by atoms with Gasteiger partial charge in [0.1, 0.15) is 0 Å². The second kappa shape index (κ2) is 8.26. The Morgan fingerprint density at radius 2 is 1.68 bits per heavy atom. The topological polar surface area (TPSA) is 9.23 Å². The van der Waals surface area contributed by atoms with Gasteiger partial charge in [-0.2, -0.15) is 0 Å². The van der Waals surface area contributed by atoms with Crippen LogP contribution in [-0.4, -0.2) is 14.4 Å². The summed E-state index contributed by atoms with van der Waals surface area (Å²) < 4.78 is 6.52. The zero-order valence-corrected chi connectivity index (χ0v) is 15.5. The zero-order valence-electron chi connectivity index (χ0n) is 14.5. The maximum atomic E-state index is 6.52. The van der Waals surface area contributed by atoms with Crippen molar-refractivity contribution in [3.63, 3.8) is 0 Å². The predicted octanol–water partition coefficient (Wildman–Crippen LogP) is 6.17. The third-order valence-electron chi connectivity index (χ3n) is 4.19. The molecule has 0 saturated heterocycles. The fourth-order valence-corrected chi connectivity index (χ4v) is 3.04. The third-order valence-corrected chi connectivity index (χ3v) is 8.67. The molecule has 0 aromatic heterocycles. The Kier molecular flexibility index (Phi) is 8.22. The molecule has 0 aromatic carbocycles. The van der Waals surface area contributed by atoms with Crippen LogP contribution in [0.4, 0.5) is 0 Å². The first-order chi connectivity index (χ1) is 8.62. The minimum absolute atomic E-state index is 0.280. The fourth-order valence-electron chi connectivity index (χ4n) is 1.66. The van der Waals surface area contributed by atoms with Gasteiger partial charge in [-0.05, 0) is 36.9 Å². The minimum atomic E-state index is -1.66. The van der Waals surface area contributed by atoms with Crippen LogP contribution in [0.3, 0.4) is 0 Å². The van der Waals surface area contributed by atoms with Gasteiger partial charge >= 0.3 is 0 Å². The SMILES string of the molecule is CCCCC/C=C/C(O[Si](C)(C)C(C)(C)C)C(C)C. The first kappa shape index (κ1) is 18.9. The Morgan fingerprint density at radius 1 is 1.11 bits per heavy atom. The van der Waals surface area contributed by atoms with E-state index in [9.17, 15) is 0 Å². The molecule has 1 nitrogen and oxygen atoms in total. The molecule has 2 heteroatoms. The lowest BCUT2D eigenvalue weighted by molar-refractivity contribution is 0.177. The summed E-state index contributed by atoms with van der Waals surface area (Å²) in [4.78, 5) is 0. The molecule has 0 bridgehead atoms. The summed E-state index contributed by atoms with van der Waals surface area (Å²) in [5.41, 5.74) is 0. The molecule has 0 spiro atoms. The van der Waals surface area contributed by atoms with E-state index in [1.165, 1.54) is 25.7 Å². The summed E-state index contributed by atoms with van der Waals surface area (Å²) in [7, 11) is -1.66. The van der Waals surface area contributed by atoms with Crippen molar-refractivity contribution in [2.75, 3.05) is 0 Å². The van der Waals surface area contributed by atoms with Crippen LogP contribution in [0.5, 0.6) is 0 Å². The highest BCUT2D eigenvalue weighted by Crippen LogP contribution is 2.38. The van der Waals surface area contributed by atoms with Crippen molar-refractivity contribution < 1.29 is 4.43 Å². The van der Waals surface area contributed by atoms with Crippen LogP contribution in [0.15, 0.2) is 12.2 Å². The van der Waals surface area contributed by atoms with Gasteiger partial charge in [0.15, 0.2) is 8.32 Å². The molecule has 0 N–H and O–H groups in total. The molecule has 1 atom stereocenters. The van der Waals surface area contributed by atoms with Gasteiger partial charge in [-0.15, -0.1) is 0 Å². The Bertz CT molecular complexity index is 261. The lowest BCUT2D eigenvalue weighted by Crippen LogP contribution is -2.44. The predicted molar refractivity (Wildman–Crippen MR) is 90.2 cm³/mol. The summed E-state index contributed by atoms with van der Waals surface area (Å²) in [5.74, 6) is 0.552. The van der Waals surface area contributed by atoms with Crippen molar-refractivity contribution >= 4 is 8.32 Å². The molecule has 114 valence electrons. The van der Waals surface area contributed by atoms with E-state index < -0.39 is 8.32 Å². The third kappa shape index (κ3) is 7.31. The van der Waals surface area contributed by atoms with Gasteiger partial charge in [0.25, 0.3) is 0 Å². The van der Waals surface area contributed by atoms with E-state index >= 15 is 0 Å². The summed E-state index contributed by atoms with van der Waals surface area (Å²) in [6.45, 7) is 18.4. The number of rotatable bonds is 8. The fraction of sp³-hybridized carbons (Fsp3) is 0.882. The van der Waals surface area contributed by atoms with Crippen molar-refractivity contribution in [3.05, 3.63) is 12.2 Å². The number of allylic oxidation sites excluding steroid dienone is 1. The van der Waals surface area contributed by atoms with Crippen LogP contribution in [0.1, 0.15) is 67.2 Å². The van der Waals surface area contributed by atoms with Crippen LogP contribution < -0.4 is 0 Å². The van der Waals surface area contributed by atoms with Crippen LogP contribution in [0.25, 0.3) is 0 Å². The van der Waals surface area contributed by atoms with Gasteiger partial charge in [-0.25, -0.2) is 0 Å². The lowest BCUT2D eigenvalue weighted by Gasteiger charge is -2.39. The first-order valence-corrected chi connectivity index (χ1v) is 10.9. The molecule has 0 amide bonds. The molecule has 0 aromatic rings. The van der Waals surface area contributed by atoms with E-state index in [0.717, 1.165) is 0 Å². The highest BCUT2D eigenvalue weighted by Gasteiger charge is 2.39. The number of hydrogen-bond donors (Lipinski definition) is 0. The highest BCUT2D eigenvalue weighted by molar-refractivity contribution is 6.74. The largest absolute Gasteiger partial charge is 0.410 e. The maximum absolute atomic E-state index is 6.52. The summed E-state index contributed by atoms with van der Waals surface area (Å²) in [6, 6.07) is 0. The van der Waals surface area contributed by atoms with E-state index in [1.54, 1.807) is 0 Å². The summed E-state index contributed by atoms with van der Waals surface area (Å²) in [6.07, 6.45) is 10.0. The number of hydrogen-bond acceptors (Lipinski definition) is 1. The molecule has 0 fully saturated rings. The summed E-state index contributed by atoms with van der Waals surface area (Å²) in [5, 5.41) is 0.288. The van der Waals surface area contributed by atoms with E-state index in [0.29, 0.717) is 5.92 Å². The molecule has 0 saturated carbocycles. The Hall–Kier alpha value is -0.0831. The van der Waals surface area contributed by atoms with Crippen LogP contribution in [0.2, 0.25) is 18.1 Å². The second-order valence-corrected chi connectivity index (χ2v) is 12.3. The lowest BCUT2D eigenvalue weighted by atomic mass is 10.1. The smallest absolute Gasteiger partial charge is 0.192 e. The van der Waals surface area contributed by atoms with Gasteiger partial charge in [0.2, 0.25) is 0 Å². The molecule has 19 heavy (non-hydrogen) atoms. The van der Waals surface area contributed by atoms with Crippen molar-refractivity contribution in [1.29, 1.82) is 0 Å². The van der Waals surface area contributed by atoms with E-state index in [4.69, 9.17) is 4.43 Å². The minimum Gasteiger partial charge on any atom is -0.410 e. The van der Waals surface area contributed by atoms with Gasteiger partial charge in [-0.3, -0.25) is 0 Å². The molecule has 0 heterocycles. The molecule has 0 aliphatic rings. The van der Waals surface area contributed by atoms with E-state index in [1.807, 2.05) is 0 Å². The molecular weight excluding hydrogens is 248 g/mol. The molecule has 1 unspecified atom stereocenters. The maximum Gasteiger partial charge on any atom is 0.192 e. The normalized spacial score (nSPS) is 15.4. The summed E-state index contributed by atoms with van der Waals surface area (Å²) >= 11 is 0. The quantitative estimate of drug-likeness (QED) is 0.294. The van der Waals surface area contributed by atoms with Crippen LogP contribution >= 0.6 is 0 Å². The highest BCUT2D eigenvalue weighted by atomic mass is 28.4. The standard InChI is InChI=1S/C17H36OSi/c1-9-10-11-12-13-14-16(15(2)3)18-19(7,8)17(4,5)6/h13-16H,9-12H2,1-8H3/b14-13+. The van der Waals surface area contributed by atoms with Crippen molar-refractivity contribution in [1.82, 2.24) is 0 Å². The van der Waals surface area contributed by atoms with Crippen molar-refractivity contribution in [3.8, 4) is 0 Å². The van der Waals surface area contributed by atoms with Gasteiger partial charge < -0.3 is 4.43 Å². The second-order valence-electron chi connectivity index (χ2n) is 7.51. The Labute approximate surface area is 123 Å². The van der Waals surface area contributed by atoms with Crippen molar-refractivity contribution in [2.45, 2.75) is 91.5 Å². The molecule has 0 aliphatic heterocycles. The van der Waals surface area contributed by atoms with Crippen LogP contribution in [-0.2, 0) is 4.43 Å². The first-order valence-electron chi connectivity index (χ1n) is 7.96. The average Bonchev–Trinajstić information content (AvgIpc) is 2.25. The van der Waals surface area contributed by atoms with Crippen molar-refractivity contribution in [2.24, 2.45) is 5.92 Å². The zero-order chi connectivity index (χ0) is 15.1. The monoisotopic (exact) mass is 284 g/mol. The number of unbranched alkanes of at least 4 members (excludes halogenated alkanes) is 3. The average molecular weight is 285 g/mol. The van der Waals surface area contributed by atoms with E-state index in [-0.39, 0.29) is 11.1 Å². The Morgan fingerprint density at radius 3 is 2.11 bits per heavy atom. The van der Waals surface area contributed by atoms with Gasteiger partial charge in [0, 0.05) is 0 Å². The molecule has 0 aliphatic carbocycles. The van der Waals surface area contributed by atoms with E-state index in [2.05, 4.69) is 66.8 Å². The van der Waals surface area contributed by atoms with Gasteiger partial charge in [-0.1, -0.05) is 66.5 Å². The van der Waals surface area contributed by atoms with Crippen LogP contribution in [0, 0.1) is 5.92 Å². The van der Waals surface area contributed by atoms with Gasteiger partial charge in [0.05, 0.1) is 6.10 Å². The molecule has 0 rings (SSSR count). The molecular formula is C17H36OSi. The molecule has 0 radical (unpaired) electrons.